The summed E-state index contributed by atoms with van der Waals surface area (Å²) in [4.78, 5) is 22.6. The number of nitrogens with one attached hydrogen (secondary N) is 1. The van der Waals surface area contributed by atoms with E-state index in [0.29, 0.717) is 31.3 Å². The molecule has 0 aliphatic carbocycles. The minimum absolute atomic E-state index is 0.0361. The third-order valence-corrected chi connectivity index (χ3v) is 4.19. The van der Waals surface area contributed by atoms with E-state index in [9.17, 15) is 4.79 Å². The van der Waals surface area contributed by atoms with Gasteiger partial charge >= 0.3 is 0 Å². The minimum Gasteiger partial charge on any atom is -0.471 e. The van der Waals surface area contributed by atoms with Gasteiger partial charge in [-0.3, -0.25) is 9.78 Å². The lowest BCUT2D eigenvalue weighted by Crippen LogP contribution is -2.42. The molecule has 2 aromatic heterocycles. The van der Waals surface area contributed by atoms with Crippen molar-refractivity contribution in [2.75, 3.05) is 11.6 Å². The van der Waals surface area contributed by atoms with Crippen molar-refractivity contribution in [1.29, 1.82) is 0 Å². The molecule has 6 heteroatoms. The second-order valence-corrected chi connectivity index (χ2v) is 5.99. The first-order valence-corrected chi connectivity index (χ1v) is 8.39. The highest BCUT2D eigenvalue weighted by Crippen LogP contribution is 2.25. The highest BCUT2D eigenvalue weighted by atomic mass is 16.5. The first-order chi connectivity index (χ1) is 12.8. The van der Waals surface area contributed by atoms with Crippen LogP contribution in [0.15, 0.2) is 67.0 Å². The van der Waals surface area contributed by atoms with E-state index < -0.39 is 0 Å². The molecule has 3 aromatic rings. The van der Waals surface area contributed by atoms with Gasteiger partial charge in [-0.25, -0.2) is 4.98 Å². The molecule has 130 valence electrons. The number of carbonyl (C=O) groups excluding carboxylic acids is 1. The fourth-order valence-corrected chi connectivity index (χ4v) is 2.91. The van der Waals surface area contributed by atoms with Crippen LogP contribution in [-0.4, -0.2) is 22.5 Å². The topological polar surface area (TPSA) is 67.4 Å². The molecular formula is C20H18N4O2. The maximum atomic E-state index is 12.0. The van der Waals surface area contributed by atoms with Crippen LogP contribution in [0.5, 0.6) is 5.88 Å². The summed E-state index contributed by atoms with van der Waals surface area (Å²) in [5, 5.41) is 2.90. The number of aromatic nitrogens is 2. The van der Waals surface area contributed by atoms with Gasteiger partial charge in [0.25, 0.3) is 5.91 Å². The Morgan fingerprint density at radius 2 is 1.92 bits per heavy atom. The van der Waals surface area contributed by atoms with Crippen molar-refractivity contribution in [3.05, 3.63) is 83.8 Å². The molecule has 6 nitrogen and oxygen atoms in total. The van der Waals surface area contributed by atoms with E-state index >= 15 is 0 Å². The second kappa shape index (κ2) is 7.23. The normalized spacial score (nSPS) is 13.1. The molecule has 3 heterocycles. The van der Waals surface area contributed by atoms with Crippen molar-refractivity contribution in [2.45, 2.75) is 13.2 Å². The van der Waals surface area contributed by atoms with Gasteiger partial charge in [0.15, 0.2) is 0 Å². The number of hydrogen-bond donors (Lipinski definition) is 1. The number of benzene rings is 1. The van der Waals surface area contributed by atoms with Crippen molar-refractivity contribution in [3.8, 4) is 5.88 Å². The first-order valence-electron chi connectivity index (χ1n) is 8.39. The van der Waals surface area contributed by atoms with Crippen LogP contribution in [0.25, 0.3) is 0 Å². The Hall–Kier alpha value is -3.41. The third-order valence-electron chi connectivity index (χ3n) is 4.19. The molecule has 0 radical (unpaired) electrons. The number of fused-ring (bicyclic) bond motifs is 1. The lowest BCUT2D eigenvalue weighted by atomic mass is 10.1. The fourth-order valence-electron chi connectivity index (χ4n) is 2.91. The average Bonchev–Trinajstić information content (AvgIpc) is 2.70. The van der Waals surface area contributed by atoms with Gasteiger partial charge in [0.1, 0.15) is 6.61 Å². The molecule has 4 rings (SSSR count). The van der Waals surface area contributed by atoms with E-state index in [1.54, 1.807) is 12.4 Å². The number of hydrogen-bond acceptors (Lipinski definition) is 5. The van der Waals surface area contributed by atoms with E-state index in [2.05, 4.69) is 20.2 Å². The Morgan fingerprint density at radius 1 is 1.04 bits per heavy atom. The summed E-state index contributed by atoms with van der Waals surface area (Å²) in [6.45, 7) is 1.50. The summed E-state index contributed by atoms with van der Waals surface area (Å²) in [6, 6.07) is 17.2. The van der Waals surface area contributed by atoms with Gasteiger partial charge < -0.3 is 15.0 Å². The minimum atomic E-state index is -0.0361. The SMILES string of the molecule is O=C1NCN(Cc2ccnc(OCc3ccccn3)c2)c2ccccc21. The lowest BCUT2D eigenvalue weighted by Gasteiger charge is -2.31. The van der Waals surface area contributed by atoms with Crippen LogP contribution in [0.1, 0.15) is 21.6 Å². The Balaban J connectivity index is 1.48. The predicted octanol–water partition coefficient (Wildman–Crippen LogP) is 2.76. The van der Waals surface area contributed by atoms with Gasteiger partial charge in [0.2, 0.25) is 5.88 Å². The Morgan fingerprint density at radius 3 is 2.81 bits per heavy atom. The third kappa shape index (κ3) is 3.49. The molecule has 1 aliphatic rings. The van der Waals surface area contributed by atoms with Crippen LogP contribution in [0.3, 0.4) is 0 Å². The molecule has 0 spiro atoms. The molecule has 1 aromatic carbocycles. The standard InChI is InChI=1S/C20H18N4O2/c25-20-17-6-1-2-7-18(17)24(14-23-20)12-15-8-10-22-19(11-15)26-13-16-5-3-4-9-21-16/h1-11H,12-14H2,(H,23,25). The number of carbonyl (C=O) groups is 1. The molecule has 1 N–H and O–H groups in total. The number of nitrogens with zero attached hydrogens (tertiary/aromatic N) is 3. The number of pyridine rings is 2. The maximum absolute atomic E-state index is 12.0. The van der Waals surface area contributed by atoms with Gasteiger partial charge in [-0.15, -0.1) is 0 Å². The van der Waals surface area contributed by atoms with Crippen LogP contribution in [0, 0.1) is 0 Å². The molecule has 0 fully saturated rings. The Kier molecular flexibility index (Phi) is 4.47. The predicted molar refractivity (Wildman–Crippen MR) is 97.8 cm³/mol. The molecule has 1 aliphatic heterocycles. The number of ether oxygens (including phenoxy) is 1. The zero-order valence-electron chi connectivity index (χ0n) is 14.1. The van der Waals surface area contributed by atoms with E-state index in [0.717, 1.165) is 16.9 Å². The van der Waals surface area contributed by atoms with Crippen molar-refractivity contribution in [1.82, 2.24) is 15.3 Å². The summed E-state index contributed by atoms with van der Waals surface area (Å²) >= 11 is 0. The van der Waals surface area contributed by atoms with E-state index in [1.165, 1.54) is 0 Å². The second-order valence-electron chi connectivity index (χ2n) is 5.99. The van der Waals surface area contributed by atoms with Gasteiger partial charge in [0.05, 0.1) is 23.6 Å². The van der Waals surface area contributed by atoms with Crippen molar-refractivity contribution in [2.24, 2.45) is 0 Å². The highest BCUT2D eigenvalue weighted by molar-refractivity contribution is 6.01. The number of para-hydroxylation sites is 1. The van der Waals surface area contributed by atoms with Crippen molar-refractivity contribution >= 4 is 11.6 Å². The maximum Gasteiger partial charge on any atom is 0.254 e. The highest BCUT2D eigenvalue weighted by Gasteiger charge is 2.21. The summed E-state index contributed by atoms with van der Waals surface area (Å²) in [6.07, 6.45) is 3.47. The monoisotopic (exact) mass is 346 g/mol. The molecule has 0 bridgehead atoms. The molecule has 26 heavy (non-hydrogen) atoms. The summed E-state index contributed by atoms with van der Waals surface area (Å²) < 4.78 is 5.75. The van der Waals surface area contributed by atoms with Gasteiger partial charge in [-0.1, -0.05) is 18.2 Å². The van der Waals surface area contributed by atoms with E-state index in [4.69, 9.17) is 4.74 Å². The molecule has 0 atom stereocenters. The Bertz CT molecular complexity index is 914. The lowest BCUT2D eigenvalue weighted by molar-refractivity contribution is 0.0947. The van der Waals surface area contributed by atoms with Gasteiger partial charge in [-0.2, -0.15) is 0 Å². The van der Waals surface area contributed by atoms with Crippen LogP contribution in [-0.2, 0) is 13.2 Å². The average molecular weight is 346 g/mol. The first kappa shape index (κ1) is 16.1. The van der Waals surface area contributed by atoms with Crippen LogP contribution in [0.2, 0.25) is 0 Å². The molecule has 0 saturated carbocycles. The number of anilines is 1. The molecule has 0 saturated heterocycles. The van der Waals surface area contributed by atoms with Crippen LogP contribution < -0.4 is 15.0 Å². The van der Waals surface area contributed by atoms with Crippen LogP contribution in [0.4, 0.5) is 5.69 Å². The largest absolute Gasteiger partial charge is 0.471 e. The Labute approximate surface area is 151 Å². The van der Waals surface area contributed by atoms with Crippen molar-refractivity contribution in [3.63, 3.8) is 0 Å². The number of amides is 1. The van der Waals surface area contributed by atoms with Gasteiger partial charge in [-0.05, 0) is 35.9 Å². The zero-order chi connectivity index (χ0) is 17.8. The molecule has 1 amide bonds. The fraction of sp³-hybridized carbons (Fsp3) is 0.150. The van der Waals surface area contributed by atoms with Gasteiger partial charge in [0, 0.05) is 25.0 Å². The zero-order valence-corrected chi connectivity index (χ0v) is 14.1. The van der Waals surface area contributed by atoms with E-state index in [-0.39, 0.29) is 5.91 Å². The molecule has 0 unspecified atom stereocenters. The quantitative estimate of drug-likeness (QED) is 0.769. The summed E-state index contributed by atoms with van der Waals surface area (Å²) in [5.41, 5.74) is 3.54. The summed E-state index contributed by atoms with van der Waals surface area (Å²) in [7, 11) is 0. The number of rotatable bonds is 5. The van der Waals surface area contributed by atoms with Crippen LogP contribution >= 0.6 is 0 Å². The smallest absolute Gasteiger partial charge is 0.254 e. The molecular weight excluding hydrogens is 328 g/mol. The van der Waals surface area contributed by atoms with Crippen molar-refractivity contribution < 1.29 is 9.53 Å². The van der Waals surface area contributed by atoms with E-state index in [1.807, 2.05) is 54.6 Å². The summed E-state index contributed by atoms with van der Waals surface area (Å²) in [5.74, 6) is 0.522.